The highest BCUT2D eigenvalue weighted by atomic mass is 16.1. The third-order valence-electron chi connectivity index (χ3n) is 4.76. The van der Waals surface area contributed by atoms with Crippen LogP contribution in [-0.4, -0.2) is 43.0 Å². The molecule has 0 aliphatic rings. The van der Waals surface area contributed by atoms with Crippen molar-refractivity contribution in [2.45, 2.75) is 6.54 Å². The van der Waals surface area contributed by atoms with Crippen molar-refractivity contribution in [2.75, 3.05) is 38.2 Å². The van der Waals surface area contributed by atoms with Gasteiger partial charge in [0, 0.05) is 37.0 Å². The Hall–Kier alpha value is -3.73. The van der Waals surface area contributed by atoms with E-state index in [4.69, 9.17) is 5.73 Å². The molecule has 7 nitrogen and oxygen atoms in total. The number of rotatable bonds is 8. The second-order valence-electron chi connectivity index (χ2n) is 7.45. The van der Waals surface area contributed by atoms with Crippen LogP contribution in [0.15, 0.2) is 60.8 Å². The zero-order chi connectivity index (χ0) is 22.2. The number of nitrogen functional groups attached to an aromatic ring is 1. The van der Waals surface area contributed by atoms with Gasteiger partial charge in [-0.15, -0.1) is 0 Å². The van der Waals surface area contributed by atoms with E-state index < -0.39 is 0 Å². The largest absolute Gasteiger partial charge is 0.397 e. The Balaban J connectivity index is 1.70. The van der Waals surface area contributed by atoms with Crippen LogP contribution >= 0.6 is 0 Å². The summed E-state index contributed by atoms with van der Waals surface area (Å²) in [5.74, 6) is -0.253. The second kappa shape index (κ2) is 10.3. The van der Waals surface area contributed by atoms with Crippen LogP contribution in [0.3, 0.4) is 0 Å². The summed E-state index contributed by atoms with van der Waals surface area (Å²) in [4.78, 5) is 19.1. The van der Waals surface area contributed by atoms with Gasteiger partial charge in [-0.05, 0) is 50.0 Å². The number of carbonyl (C=O) groups is 1. The van der Waals surface area contributed by atoms with E-state index in [1.807, 2.05) is 32.3 Å². The maximum atomic E-state index is 12.5. The van der Waals surface area contributed by atoms with Gasteiger partial charge in [0.15, 0.2) is 0 Å². The summed E-state index contributed by atoms with van der Waals surface area (Å²) in [7, 11) is 4.05. The third-order valence-corrected chi connectivity index (χ3v) is 4.76. The number of carbonyl (C=O) groups excluding carboxylic acids is 1. The van der Waals surface area contributed by atoms with Crippen molar-refractivity contribution in [3.05, 3.63) is 77.5 Å². The maximum absolute atomic E-state index is 12.5. The fraction of sp³-hybridized carbons (Fsp3) is 0.208. The molecule has 0 saturated carbocycles. The number of nitrogens with two attached hydrogens (primary N) is 1. The molecule has 0 aliphatic heterocycles. The van der Waals surface area contributed by atoms with Crippen LogP contribution < -0.4 is 16.4 Å². The van der Waals surface area contributed by atoms with Crippen molar-refractivity contribution < 1.29 is 4.79 Å². The van der Waals surface area contributed by atoms with Crippen molar-refractivity contribution in [1.29, 1.82) is 5.26 Å². The number of nitriles is 1. The number of benzene rings is 2. The molecule has 31 heavy (non-hydrogen) atoms. The summed E-state index contributed by atoms with van der Waals surface area (Å²) >= 11 is 0. The number of hydrogen-bond acceptors (Lipinski definition) is 6. The van der Waals surface area contributed by atoms with E-state index in [0.717, 1.165) is 24.2 Å². The van der Waals surface area contributed by atoms with Crippen molar-refractivity contribution in [3.8, 4) is 17.3 Å². The van der Waals surface area contributed by atoms with Crippen molar-refractivity contribution in [1.82, 2.24) is 15.2 Å². The van der Waals surface area contributed by atoms with Gasteiger partial charge in [-0.1, -0.05) is 24.3 Å². The summed E-state index contributed by atoms with van der Waals surface area (Å²) < 4.78 is 0. The fourth-order valence-electron chi connectivity index (χ4n) is 3.04. The number of nitrogens with one attached hydrogen (secondary N) is 2. The summed E-state index contributed by atoms with van der Waals surface area (Å²) in [6, 6.07) is 18.2. The minimum Gasteiger partial charge on any atom is -0.397 e. The van der Waals surface area contributed by atoms with E-state index in [9.17, 15) is 10.1 Å². The molecule has 0 saturated heterocycles. The first-order valence-corrected chi connectivity index (χ1v) is 9.98. The van der Waals surface area contributed by atoms with E-state index in [1.165, 1.54) is 0 Å². The van der Waals surface area contributed by atoms with Crippen molar-refractivity contribution >= 4 is 17.3 Å². The summed E-state index contributed by atoms with van der Waals surface area (Å²) in [5.41, 5.74) is 10.3. The third kappa shape index (κ3) is 5.89. The lowest BCUT2D eigenvalue weighted by molar-refractivity contribution is 0.102. The molecule has 0 atom stereocenters. The highest BCUT2D eigenvalue weighted by molar-refractivity contribution is 6.05. The molecule has 158 valence electrons. The lowest BCUT2D eigenvalue weighted by Crippen LogP contribution is -2.26. The van der Waals surface area contributed by atoms with Gasteiger partial charge in [0.1, 0.15) is 6.07 Å². The van der Waals surface area contributed by atoms with E-state index >= 15 is 0 Å². The van der Waals surface area contributed by atoms with Crippen LogP contribution in [0, 0.1) is 11.3 Å². The predicted molar refractivity (Wildman–Crippen MR) is 123 cm³/mol. The maximum Gasteiger partial charge on any atom is 0.255 e. The van der Waals surface area contributed by atoms with E-state index in [1.54, 1.807) is 42.6 Å². The Kier molecular flexibility index (Phi) is 7.33. The molecule has 4 N–H and O–H groups in total. The standard InChI is InChI=1S/C24H26N6O/c1-30(2)12-11-27-15-17-13-20(14-25)23(28-16-17)18-7-9-19(10-8-18)24(31)29-22-6-4-3-5-21(22)26/h3-10,13,16,27H,11-12,15,26H2,1-2H3,(H,29,31). The SMILES string of the molecule is CN(C)CCNCc1cnc(-c2ccc(C(=O)Nc3ccccc3N)cc2)c(C#N)c1. The van der Waals surface area contributed by atoms with E-state index in [0.29, 0.717) is 34.7 Å². The lowest BCUT2D eigenvalue weighted by Gasteiger charge is -2.11. The molecule has 0 bridgehead atoms. The normalized spacial score (nSPS) is 10.6. The van der Waals surface area contributed by atoms with Crippen molar-refractivity contribution in [3.63, 3.8) is 0 Å². The first kappa shape index (κ1) is 22.0. The average molecular weight is 415 g/mol. The smallest absolute Gasteiger partial charge is 0.255 e. The van der Waals surface area contributed by atoms with E-state index in [-0.39, 0.29) is 5.91 Å². The molecule has 0 aliphatic carbocycles. The van der Waals surface area contributed by atoms with E-state index in [2.05, 4.69) is 26.6 Å². The number of pyridine rings is 1. The second-order valence-corrected chi connectivity index (χ2v) is 7.45. The molecular formula is C24H26N6O. The van der Waals surface area contributed by atoms with Crippen LogP contribution in [0.25, 0.3) is 11.3 Å². The topological polar surface area (TPSA) is 107 Å². The van der Waals surface area contributed by atoms with Crippen molar-refractivity contribution in [2.24, 2.45) is 0 Å². The number of amides is 1. The van der Waals surface area contributed by atoms with Gasteiger partial charge >= 0.3 is 0 Å². The number of para-hydroxylation sites is 2. The number of anilines is 2. The molecular weight excluding hydrogens is 388 g/mol. The van der Waals surface area contributed by atoms with Crippen LogP contribution in [0.4, 0.5) is 11.4 Å². The van der Waals surface area contributed by atoms with Gasteiger partial charge in [-0.2, -0.15) is 5.26 Å². The molecule has 2 aromatic carbocycles. The number of likely N-dealkylation sites (N-methyl/N-ethyl adjacent to an activating group) is 1. The molecule has 3 rings (SSSR count). The molecule has 0 radical (unpaired) electrons. The van der Waals surface area contributed by atoms with Gasteiger partial charge in [-0.25, -0.2) is 0 Å². The van der Waals surface area contributed by atoms with Crippen LogP contribution in [-0.2, 0) is 6.54 Å². The highest BCUT2D eigenvalue weighted by Crippen LogP contribution is 2.23. The zero-order valence-electron chi connectivity index (χ0n) is 17.7. The zero-order valence-corrected chi connectivity index (χ0v) is 17.7. The Bertz CT molecular complexity index is 1090. The van der Waals surface area contributed by atoms with Crippen LogP contribution in [0.5, 0.6) is 0 Å². The first-order valence-electron chi connectivity index (χ1n) is 9.98. The number of aromatic nitrogens is 1. The molecule has 7 heteroatoms. The first-order chi connectivity index (χ1) is 15.0. The molecule has 0 unspecified atom stereocenters. The highest BCUT2D eigenvalue weighted by Gasteiger charge is 2.11. The molecule has 0 fully saturated rings. The summed E-state index contributed by atoms with van der Waals surface area (Å²) in [6.07, 6.45) is 1.78. The molecule has 1 amide bonds. The lowest BCUT2D eigenvalue weighted by atomic mass is 10.0. The number of nitrogens with zero attached hydrogens (tertiary/aromatic N) is 3. The summed E-state index contributed by atoms with van der Waals surface area (Å²) in [5, 5.41) is 15.7. The predicted octanol–water partition coefficient (Wildman–Crippen LogP) is 3.11. The minimum atomic E-state index is -0.253. The Labute approximate surface area is 182 Å². The minimum absolute atomic E-state index is 0.253. The molecule has 1 aromatic heterocycles. The van der Waals surface area contributed by atoms with Gasteiger partial charge in [0.2, 0.25) is 0 Å². The molecule has 3 aromatic rings. The van der Waals surface area contributed by atoms with Gasteiger partial charge in [-0.3, -0.25) is 9.78 Å². The monoisotopic (exact) mass is 414 g/mol. The average Bonchev–Trinajstić information content (AvgIpc) is 2.78. The fourth-order valence-corrected chi connectivity index (χ4v) is 3.04. The Morgan fingerprint density at radius 2 is 1.90 bits per heavy atom. The van der Waals surface area contributed by atoms with Crippen LogP contribution in [0.1, 0.15) is 21.5 Å². The Morgan fingerprint density at radius 3 is 2.58 bits per heavy atom. The number of hydrogen-bond donors (Lipinski definition) is 3. The van der Waals surface area contributed by atoms with Crippen LogP contribution in [0.2, 0.25) is 0 Å². The van der Waals surface area contributed by atoms with Gasteiger partial charge in [0.05, 0.1) is 22.6 Å². The quantitative estimate of drug-likeness (QED) is 0.386. The summed E-state index contributed by atoms with van der Waals surface area (Å²) in [6.45, 7) is 2.44. The Morgan fingerprint density at radius 1 is 1.16 bits per heavy atom. The van der Waals surface area contributed by atoms with Gasteiger partial charge < -0.3 is 21.3 Å². The molecule has 1 heterocycles. The van der Waals surface area contributed by atoms with Gasteiger partial charge in [0.25, 0.3) is 5.91 Å². The molecule has 0 spiro atoms.